The lowest BCUT2D eigenvalue weighted by Crippen LogP contribution is -2.39. The lowest BCUT2D eigenvalue weighted by Gasteiger charge is -2.29. The number of fused-ring (bicyclic) bond motifs is 1. The van der Waals surface area contributed by atoms with Crippen LogP contribution in [0.3, 0.4) is 0 Å². The van der Waals surface area contributed by atoms with Gasteiger partial charge in [0.15, 0.2) is 0 Å². The van der Waals surface area contributed by atoms with Crippen LogP contribution >= 0.6 is 0 Å². The van der Waals surface area contributed by atoms with Gasteiger partial charge in [-0.25, -0.2) is 9.78 Å². The maximum Gasteiger partial charge on any atom is 0.410 e. The minimum absolute atomic E-state index is 0.267. The van der Waals surface area contributed by atoms with Crippen molar-refractivity contribution in [3.8, 4) is 11.3 Å². The van der Waals surface area contributed by atoms with Gasteiger partial charge in [-0.1, -0.05) is 42.0 Å². The van der Waals surface area contributed by atoms with Gasteiger partial charge in [-0.15, -0.1) is 0 Å². The highest BCUT2D eigenvalue weighted by molar-refractivity contribution is 5.69. The van der Waals surface area contributed by atoms with Crippen molar-refractivity contribution in [3.05, 3.63) is 54.4 Å². The molecule has 3 heterocycles. The van der Waals surface area contributed by atoms with Gasteiger partial charge in [-0.2, -0.15) is 14.6 Å². The van der Waals surface area contributed by atoms with E-state index in [2.05, 4.69) is 26.5 Å². The molecule has 0 aliphatic carbocycles. The maximum atomic E-state index is 12.2. The molecule has 3 aromatic rings. The van der Waals surface area contributed by atoms with E-state index in [9.17, 15) is 4.79 Å². The van der Waals surface area contributed by atoms with Crippen LogP contribution in [0.15, 0.2) is 54.4 Å². The predicted octanol–water partition coefficient (Wildman–Crippen LogP) is 3.77. The Kier molecular flexibility index (Phi) is 5.39. The first-order chi connectivity index (χ1) is 14.4. The van der Waals surface area contributed by atoms with Crippen molar-refractivity contribution in [3.63, 3.8) is 0 Å². The van der Waals surface area contributed by atoms with Gasteiger partial charge >= 0.3 is 6.09 Å². The summed E-state index contributed by atoms with van der Waals surface area (Å²) in [6, 6.07) is 12.0. The summed E-state index contributed by atoms with van der Waals surface area (Å²) in [4.78, 5) is 22.8. The summed E-state index contributed by atoms with van der Waals surface area (Å²) < 4.78 is 7.15. The molecule has 0 radical (unpaired) electrons. The number of aromatic nitrogens is 4. The molecule has 8 nitrogen and oxygen atoms in total. The molecule has 0 fully saturated rings. The second kappa shape index (κ2) is 8.14. The Morgan fingerprint density at radius 1 is 1.23 bits per heavy atom. The molecule has 0 atom stereocenters. The summed E-state index contributed by atoms with van der Waals surface area (Å²) in [7, 11) is 0. The summed E-state index contributed by atoms with van der Waals surface area (Å²) >= 11 is 0. The topological polar surface area (TPSA) is 84.6 Å². The van der Waals surface area contributed by atoms with E-state index in [0.717, 1.165) is 23.5 Å². The van der Waals surface area contributed by atoms with Crippen molar-refractivity contribution in [2.24, 2.45) is 0 Å². The molecule has 1 N–H and O–H groups in total. The fraction of sp³-hybridized carbons (Fsp3) is 0.364. The van der Waals surface area contributed by atoms with Crippen LogP contribution in [-0.2, 0) is 4.74 Å². The van der Waals surface area contributed by atoms with E-state index >= 15 is 0 Å². The number of amides is 1. The molecule has 0 spiro atoms. The van der Waals surface area contributed by atoms with Gasteiger partial charge in [0.05, 0.1) is 5.69 Å². The van der Waals surface area contributed by atoms with Crippen molar-refractivity contribution < 1.29 is 9.53 Å². The Bertz CT molecular complexity index is 1070. The number of benzene rings is 1. The SMILES string of the molecule is CC(C)(C)OC(=O)N1CC=C(CNc2cc(-c3ccccc3)nc3ncnn23)CC1. The van der Waals surface area contributed by atoms with Crippen LogP contribution in [-0.4, -0.2) is 55.8 Å². The molecule has 1 aliphatic rings. The van der Waals surface area contributed by atoms with Crippen LogP contribution in [0.25, 0.3) is 17.0 Å². The zero-order valence-corrected chi connectivity index (χ0v) is 17.5. The van der Waals surface area contributed by atoms with E-state index in [1.165, 1.54) is 11.9 Å². The lowest BCUT2D eigenvalue weighted by atomic mass is 10.1. The fourth-order valence-corrected chi connectivity index (χ4v) is 3.26. The first-order valence-corrected chi connectivity index (χ1v) is 10.0. The Labute approximate surface area is 175 Å². The number of rotatable bonds is 4. The highest BCUT2D eigenvalue weighted by Crippen LogP contribution is 2.22. The average molecular weight is 406 g/mol. The molecule has 2 aromatic heterocycles. The van der Waals surface area contributed by atoms with Gasteiger partial charge in [0.2, 0.25) is 0 Å². The van der Waals surface area contributed by atoms with Gasteiger partial charge in [0, 0.05) is 31.3 Å². The smallest absolute Gasteiger partial charge is 0.410 e. The summed E-state index contributed by atoms with van der Waals surface area (Å²) in [5.74, 6) is 1.37. The van der Waals surface area contributed by atoms with Crippen molar-refractivity contribution in [2.45, 2.75) is 32.8 Å². The number of nitrogens with zero attached hydrogens (tertiary/aromatic N) is 5. The first-order valence-electron chi connectivity index (χ1n) is 10.0. The molecule has 8 heteroatoms. The number of carbonyl (C=O) groups is 1. The summed E-state index contributed by atoms with van der Waals surface area (Å²) in [6.07, 6.45) is 4.11. The van der Waals surface area contributed by atoms with Crippen LogP contribution in [0.4, 0.5) is 10.6 Å². The normalized spacial score (nSPS) is 14.5. The molecule has 1 aliphatic heterocycles. The molecule has 4 rings (SSSR count). The fourth-order valence-electron chi connectivity index (χ4n) is 3.26. The second-order valence-electron chi connectivity index (χ2n) is 8.26. The summed E-state index contributed by atoms with van der Waals surface area (Å²) in [6.45, 7) is 7.49. The van der Waals surface area contributed by atoms with E-state index in [0.29, 0.717) is 25.4 Å². The first kappa shape index (κ1) is 19.9. The number of anilines is 1. The Morgan fingerprint density at radius 2 is 2.03 bits per heavy atom. The molecule has 1 aromatic carbocycles. The summed E-state index contributed by atoms with van der Waals surface area (Å²) in [5.41, 5.74) is 2.62. The minimum Gasteiger partial charge on any atom is -0.444 e. The van der Waals surface area contributed by atoms with Crippen LogP contribution in [0.2, 0.25) is 0 Å². The Morgan fingerprint density at radius 3 is 2.73 bits per heavy atom. The van der Waals surface area contributed by atoms with E-state index in [-0.39, 0.29) is 6.09 Å². The molecule has 0 unspecified atom stereocenters. The maximum absolute atomic E-state index is 12.2. The standard InChI is InChI=1S/C22H26N6O2/c1-22(2,3)30-21(29)27-11-9-16(10-12-27)14-23-19-13-18(17-7-5-4-6-8-17)26-20-24-15-25-28(19)20/h4-9,13,15,23H,10-12,14H2,1-3H3. The number of nitrogens with one attached hydrogen (secondary N) is 1. The molecule has 0 saturated carbocycles. The highest BCUT2D eigenvalue weighted by atomic mass is 16.6. The quantitative estimate of drug-likeness (QED) is 0.664. The molecule has 30 heavy (non-hydrogen) atoms. The Hall–Kier alpha value is -3.42. The highest BCUT2D eigenvalue weighted by Gasteiger charge is 2.23. The van der Waals surface area contributed by atoms with E-state index in [1.54, 1.807) is 9.42 Å². The molecular formula is C22H26N6O2. The molecular weight excluding hydrogens is 380 g/mol. The largest absolute Gasteiger partial charge is 0.444 e. The third kappa shape index (κ3) is 4.59. The van der Waals surface area contributed by atoms with Crippen LogP contribution < -0.4 is 5.32 Å². The van der Waals surface area contributed by atoms with Crippen molar-refractivity contribution >= 4 is 17.7 Å². The minimum atomic E-state index is -0.483. The van der Waals surface area contributed by atoms with Gasteiger partial charge in [0.25, 0.3) is 5.78 Å². The molecule has 0 bridgehead atoms. The van der Waals surface area contributed by atoms with Gasteiger partial charge in [0.1, 0.15) is 17.7 Å². The van der Waals surface area contributed by atoms with Crippen molar-refractivity contribution in [2.75, 3.05) is 25.0 Å². The number of hydrogen-bond donors (Lipinski definition) is 1. The van der Waals surface area contributed by atoms with Gasteiger partial charge in [-0.3, -0.25) is 0 Å². The van der Waals surface area contributed by atoms with E-state index in [4.69, 9.17) is 4.74 Å². The van der Waals surface area contributed by atoms with Gasteiger partial charge < -0.3 is 15.0 Å². The van der Waals surface area contributed by atoms with E-state index < -0.39 is 5.60 Å². The number of carbonyl (C=O) groups excluding carboxylic acids is 1. The zero-order valence-electron chi connectivity index (χ0n) is 17.5. The predicted molar refractivity (Wildman–Crippen MR) is 115 cm³/mol. The lowest BCUT2D eigenvalue weighted by molar-refractivity contribution is 0.0266. The number of hydrogen-bond acceptors (Lipinski definition) is 6. The zero-order chi connectivity index (χ0) is 21.1. The number of ether oxygens (including phenoxy) is 1. The second-order valence-corrected chi connectivity index (χ2v) is 8.26. The molecule has 0 saturated heterocycles. The van der Waals surface area contributed by atoms with Gasteiger partial charge in [-0.05, 0) is 27.2 Å². The van der Waals surface area contributed by atoms with Crippen LogP contribution in [0.1, 0.15) is 27.2 Å². The van der Waals surface area contributed by atoms with Crippen molar-refractivity contribution in [1.29, 1.82) is 0 Å². The van der Waals surface area contributed by atoms with E-state index in [1.807, 2.05) is 57.2 Å². The monoisotopic (exact) mass is 406 g/mol. The molecule has 1 amide bonds. The summed E-state index contributed by atoms with van der Waals surface area (Å²) in [5, 5.41) is 7.73. The van der Waals surface area contributed by atoms with Crippen LogP contribution in [0.5, 0.6) is 0 Å². The third-order valence-electron chi connectivity index (χ3n) is 4.77. The third-order valence-corrected chi connectivity index (χ3v) is 4.77. The van der Waals surface area contributed by atoms with Crippen LogP contribution in [0, 0.1) is 0 Å². The van der Waals surface area contributed by atoms with Crippen molar-refractivity contribution in [1.82, 2.24) is 24.5 Å². The molecule has 156 valence electrons. The Balaban J connectivity index is 1.45. The average Bonchev–Trinajstić information content (AvgIpc) is 3.20.